The van der Waals surface area contributed by atoms with Crippen molar-refractivity contribution >= 4 is 23.4 Å². The molecule has 1 aromatic carbocycles. The Morgan fingerprint density at radius 2 is 2.04 bits per heavy atom. The van der Waals surface area contributed by atoms with Crippen molar-refractivity contribution < 1.29 is 9.90 Å². The number of rotatable bonds is 4. The third-order valence-corrected chi connectivity index (χ3v) is 4.48. The number of anilines is 1. The summed E-state index contributed by atoms with van der Waals surface area (Å²) in [6.07, 6.45) is 4.24. The van der Waals surface area contributed by atoms with Gasteiger partial charge >= 0.3 is 5.97 Å². The lowest BCUT2D eigenvalue weighted by Crippen LogP contribution is -2.40. The second-order valence-electron chi connectivity index (χ2n) is 5.69. The van der Waals surface area contributed by atoms with Gasteiger partial charge in [0.05, 0.1) is 5.69 Å². The van der Waals surface area contributed by atoms with Gasteiger partial charge in [0, 0.05) is 17.6 Å². The molecule has 1 N–H and O–H groups in total. The molecule has 0 aliphatic carbocycles. The molecular weight excluding hydrogens is 316 g/mol. The molecule has 3 rings (SSSR count). The summed E-state index contributed by atoms with van der Waals surface area (Å²) >= 11 is 5.89. The molecular formula is C16H19ClN4O2. The standard InChI is InChI=1S/C16H19ClN4O2/c1-2-12-5-3-4-10-20(12)15-14(16(22)23)18-21(19-15)13-8-6-11(17)7-9-13/h6-9,12H,2-5,10H2,1H3,(H,22,23)/t12-/m0/s1. The van der Waals surface area contributed by atoms with E-state index >= 15 is 0 Å². The number of aromatic carboxylic acids is 1. The lowest BCUT2D eigenvalue weighted by Gasteiger charge is -2.35. The first kappa shape index (κ1) is 15.8. The van der Waals surface area contributed by atoms with E-state index in [2.05, 4.69) is 22.0 Å². The van der Waals surface area contributed by atoms with Crippen molar-refractivity contribution in [2.75, 3.05) is 11.4 Å². The van der Waals surface area contributed by atoms with E-state index in [0.717, 1.165) is 25.8 Å². The molecule has 1 fully saturated rings. The molecule has 0 spiro atoms. The highest BCUT2D eigenvalue weighted by Gasteiger charge is 2.29. The number of hydrogen-bond acceptors (Lipinski definition) is 4. The first-order valence-electron chi connectivity index (χ1n) is 7.83. The maximum absolute atomic E-state index is 11.6. The maximum atomic E-state index is 11.6. The van der Waals surface area contributed by atoms with Crippen LogP contribution in [0.1, 0.15) is 43.1 Å². The predicted molar refractivity (Wildman–Crippen MR) is 88.6 cm³/mol. The summed E-state index contributed by atoms with van der Waals surface area (Å²) < 4.78 is 0. The van der Waals surface area contributed by atoms with Crippen LogP contribution in [-0.4, -0.2) is 38.7 Å². The van der Waals surface area contributed by atoms with Crippen molar-refractivity contribution in [3.8, 4) is 5.69 Å². The van der Waals surface area contributed by atoms with Crippen LogP contribution in [0, 0.1) is 0 Å². The molecule has 0 radical (unpaired) electrons. The largest absolute Gasteiger partial charge is 0.476 e. The number of benzene rings is 1. The van der Waals surface area contributed by atoms with E-state index in [4.69, 9.17) is 11.6 Å². The second kappa shape index (κ2) is 6.58. The van der Waals surface area contributed by atoms with Crippen molar-refractivity contribution in [3.63, 3.8) is 0 Å². The topological polar surface area (TPSA) is 71.2 Å². The highest BCUT2D eigenvalue weighted by molar-refractivity contribution is 6.30. The molecule has 1 aliphatic heterocycles. The lowest BCUT2D eigenvalue weighted by molar-refractivity contribution is 0.0690. The fourth-order valence-corrected chi connectivity index (χ4v) is 3.15. The van der Waals surface area contributed by atoms with Gasteiger partial charge in [0.2, 0.25) is 5.69 Å². The Hall–Kier alpha value is -2.08. The Labute approximate surface area is 139 Å². The van der Waals surface area contributed by atoms with Gasteiger partial charge in [-0.2, -0.15) is 0 Å². The minimum atomic E-state index is -1.05. The Bertz CT molecular complexity index is 699. The number of halogens is 1. The number of hydrogen-bond donors (Lipinski definition) is 1. The molecule has 6 nitrogen and oxygen atoms in total. The highest BCUT2D eigenvalue weighted by atomic mass is 35.5. The van der Waals surface area contributed by atoms with Crippen LogP contribution in [0.3, 0.4) is 0 Å². The first-order chi connectivity index (χ1) is 11.1. The van der Waals surface area contributed by atoms with Crippen molar-refractivity contribution in [2.45, 2.75) is 38.6 Å². The number of piperidine rings is 1. The number of nitrogens with zero attached hydrogens (tertiary/aromatic N) is 4. The summed E-state index contributed by atoms with van der Waals surface area (Å²) in [6.45, 7) is 2.94. The first-order valence-corrected chi connectivity index (χ1v) is 8.21. The van der Waals surface area contributed by atoms with Gasteiger partial charge in [0.15, 0.2) is 5.82 Å². The third-order valence-electron chi connectivity index (χ3n) is 4.23. The Morgan fingerprint density at radius 1 is 1.30 bits per heavy atom. The van der Waals surface area contributed by atoms with Crippen LogP contribution in [0.4, 0.5) is 5.82 Å². The molecule has 1 atom stereocenters. The van der Waals surface area contributed by atoms with Crippen LogP contribution in [0.2, 0.25) is 5.02 Å². The summed E-state index contributed by atoms with van der Waals surface area (Å²) in [5.74, 6) is -0.598. The summed E-state index contributed by atoms with van der Waals surface area (Å²) in [4.78, 5) is 15.1. The SMILES string of the molecule is CC[C@H]1CCCCN1c1nn(-c2ccc(Cl)cc2)nc1C(=O)O. The molecule has 2 aromatic rings. The molecule has 0 unspecified atom stereocenters. The van der Waals surface area contributed by atoms with Gasteiger partial charge in [-0.3, -0.25) is 0 Å². The van der Waals surface area contributed by atoms with Gasteiger partial charge in [-0.1, -0.05) is 18.5 Å². The van der Waals surface area contributed by atoms with E-state index in [1.165, 1.54) is 11.2 Å². The van der Waals surface area contributed by atoms with Crippen LogP contribution < -0.4 is 4.90 Å². The van der Waals surface area contributed by atoms with Crippen molar-refractivity contribution in [2.24, 2.45) is 0 Å². The number of carboxylic acids is 1. The van der Waals surface area contributed by atoms with E-state index in [1.54, 1.807) is 24.3 Å². The summed E-state index contributed by atoms with van der Waals surface area (Å²) in [5, 5.41) is 18.7. The Balaban J connectivity index is 2.02. The van der Waals surface area contributed by atoms with Crippen molar-refractivity contribution in [3.05, 3.63) is 35.0 Å². The molecule has 1 aromatic heterocycles. The van der Waals surface area contributed by atoms with E-state index < -0.39 is 5.97 Å². The second-order valence-corrected chi connectivity index (χ2v) is 6.13. The maximum Gasteiger partial charge on any atom is 0.360 e. The van der Waals surface area contributed by atoms with Crippen LogP contribution in [0.25, 0.3) is 5.69 Å². The zero-order valence-corrected chi connectivity index (χ0v) is 13.7. The third kappa shape index (κ3) is 3.17. The monoisotopic (exact) mass is 334 g/mol. The minimum Gasteiger partial charge on any atom is -0.476 e. The molecule has 0 bridgehead atoms. The molecule has 1 saturated heterocycles. The molecule has 23 heavy (non-hydrogen) atoms. The van der Waals surface area contributed by atoms with Gasteiger partial charge in [-0.25, -0.2) is 4.79 Å². The molecule has 1 aliphatic rings. The van der Waals surface area contributed by atoms with Gasteiger partial charge in [-0.15, -0.1) is 15.0 Å². The average Bonchev–Trinajstić information content (AvgIpc) is 3.01. The number of carboxylic acid groups (broad SMARTS) is 1. The van der Waals surface area contributed by atoms with Crippen LogP contribution in [0.15, 0.2) is 24.3 Å². The quantitative estimate of drug-likeness (QED) is 0.928. The van der Waals surface area contributed by atoms with E-state index in [1.807, 2.05) is 0 Å². The molecule has 122 valence electrons. The summed E-state index contributed by atoms with van der Waals surface area (Å²) in [7, 11) is 0. The number of carbonyl (C=O) groups is 1. The average molecular weight is 335 g/mol. The Kier molecular flexibility index (Phi) is 4.52. The van der Waals surface area contributed by atoms with Crippen molar-refractivity contribution in [1.29, 1.82) is 0 Å². The van der Waals surface area contributed by atoms with Gasteiger partial charge in [0.25, 0.3) is 0 Å². The smallest absolute Gasteiger partial charge is 0.360 e. The normalized spacial score (nSPS) is 18.2. The van der Waals surface area contributed by atoms with Crippen molar-refractivity contribution in [1.82, 2.24) is 15.0 Å². The van der Waals surface area contributed by atoms with Crippen LogP contribution in [-0.2, 0) is 0 Å². The molecule has 7 heteroatoms. The van der Waals surface area contributed by atoms with Crippen LogP contribution >= 0.6 is 11.6 Å². The summed E-state index contributed by atoms with van der Waals surface area (Å²) in [5.41, 5.74) is 0.688. The Morgan fingerprint density at radius 3 is 2.70 bits per heavy atom. The lowest BCUT2D eigenvalue weighted by atomic mass is 10.00. The fourth-order valence-electron chi connectivity index (χ4n) is 3.02. The van der Waals surface area contributed by atoms with E-state index in [0.29, 0.717) is 22.6 Å². The summed E-state index contributed by atoms with van der Waals surface area (Å²) in [6, 6.07) is 7.32. The van der Waals surface area contributed by atoms with Crippen LogP contribution in [0.5, 0.6) is 0 Å². The minimum absolute atomic E-state index is 0.000278. The van der Waals surface area contributed by atoms with Gasteiger partial charge in [-0.05, 0) is 49.9 Å². The van der Waals surface area contributed by atoms with E-state index in [-0.39, 0.29) is 5.69 Å². The van der Waals surface area contributed by atoms with Gasteiger partial charge < -0.3 is 10.0 Å². The fraction of sp³-hybridized carbons (Fsp3) is 0.438. The zero-order chi connectivity index (χ0) is 16.4. The van der Waals surface area contributed by atoms with E-state index in [9.17, 15) is 9.90 Å². The zero-order valence-electron chi connectivity index (χ0n) is 12.9. The molecule has 2 heterocycles. The van der Waals surface area contributed by atoms with Gasteiger partial charge in [0.1, 0.15) is 0 Å². The predicted octanol–water partition coefficient (Wildman–Crippen LogP) is 3.39. The molecule has 0 saturated carbocycles. The number of aromatic nitrogens is 3. The molecule has 0 amide bonds. The highest BCUT2D eigenvalue weighted by Crippen LogP contribution is 2.28.